The smallest absolute Gasteiger partial charge is 0.223 e. The third kappa shape index (κ3) is 4.66. The van der Waals surface area contributed by atoms with Gasteiger partial charge in [0.25, 0.3) is 0 Å². The number of amides is 1. The fourth-order valence-corrected chi connectivity index (χ4v) is 2.82. The maximum atomic E-state index is 11.4. The van der Waals surface area contributed by atoms with Crippen LogP contribution < -0.4 is 10.6 Å². The Bertz CT molecular complexity index is 251. The molecule has 0 saturated heterocycles. The molecule has 1 amide bonds. The first kappa shape index (κ1) is 12.9. The van der Waals surface area contributed by atoms with Gasteiger partial charge in [0.05, 0.1) is 0 Å². The summed E-state index contributed by atoms with van der Waals surface area (Å²) in [4.78, 5) is 11.4. The van der Waals surface area contributed by atoms with Crippen molar-refractivity contribution in [3.8, 4) is 0 Å². The zero-order valence-electron chi connectivity index (χ0n) is 11.0. The van der Waals surface area contributed by atoms with Gasteiger partial charge in [-0.05, 0) is 44.1 Å². The summed E-state index contributed by atoms with van der Waals surface area (Å²) in [6, 6.07) is 0. The van der Waals surface area contributed by atoms with E-state index >= 15 is 0 Å². The van der Waals surface area contributed by atoms with Crippen molar-refractivity contribution in [2.45, 2.75) is 45.4 Å². The van der Waals surface area contributed by atoms with Crippen LogP contribution in [0.25, 0.3) is 0 Å². The minimum absolute atomic E-state index is 0.262. The second-order valence-corrected chi connectivity index (χ2v) is 5.91. The molecule has 2 aliphatic carbocycles. The maximum absolute atomic E-state index is 11.4. The first-order valence-corrected chi connectivity index (χ1v) is 7.24. The molecule has 3 nitrogen and oxygen atoms in total. The van der Waals surface area contributed by atoms with Crippen LogP contribution in [0.2, 0.25) is 0 Å². The lowest BCUT2D eigenvalue weighted by atomic mass is 9.82. The van der Waals surface area contributed by atoms with Crippen LogP contribution in [-0.4, -0.2) is 25.5 Å². The summed E-state index contributed by atoms with van der Waals surface area (Å²) in [6.45, 7) is 5.20. The summed E-state index contributed by atoms with van der Waals surface area (Å²) in [6.07, 6.45) is 7.76. The molecular formula is C14H26N2O. The molecule has 17 heavy (non-hydrogen) atoms. The lowest BCUT2D eigenvalue weighted by molar-refractivity contribution is -0.122. The summed E-state index contributed by atoms with van der Waals surface area (Å²) in [5, 5.41) is 6.47. The van der Waals surface area contributed by atoms with Crippen molar-refractivity contribution in [1.82, 2.24) is 10.6 Å². The minimum atomic E-state index is 0.262. The molecule has 98 valence electrons. The third-order valence-electron chi connectivity index (χ3n) is 4.03. The maximum Gasteiger partial charge on any atom is 0.223 e. The molecule has 0 aromatic carbocycles. The van der Waals surface area contributed by atoms with Crippen molar-refractivity contribution in [3.05, 3.63) is 0 Å². The van der Waals surface area contributed by atoms with Gasteiger partial charge in [0.15, 0.2) is 0 Å². The van der Waals surface area contributed by atoms with Crippen molar-refractivity contribution >= 4 is 5.91 Å². The average molecular weight is 238 g/mol. The lowest BCUT2D eigenvalue weighted by Crippen LogP contribution is -2.35. The summed E-state index contributed by atoms with van der Waals surface area (Å²) >= 11 is 0. The van der Waals surface area contributed by atoms with Crippen LogP contribution in [0, 0.1) is 17.8 Å². The molecule has 2 unspecified atom stereocenters. The van der Waals surface area contributed by atoms with E-state index in [2.05, 4.69) is 17.6 Å². The zero-order valence-corrected chi connectivity index (χ0v) is 11.0. The predicted molar refractivity (Wildman–Crippen MR) is 69.7 cm³/mol. The van der Waals surface area contributed by atoms with Crippen LogP contribution in [0.15, 0.2) is 0 Å². The summed E-state index contributed by atoms with van der Waals surface area (Å²) in [7, 11) is 0. The van der Waals surface area contributed by atoms with Gasteiger partial charge in [-0.25, -0.2) is 0 Å². The predicted octanol–water partition coefficient (Wildman–Crippen LogP) is 1.93. The highest BCUT2D eigenvalue weighted by Gasteiger charge is 2.28. The van der Waals surface area contributed by atoms with Crippen LogP contribution in [0.5, 0.6) is 0 Å². The largest absolute Gasteiger partial charge is 0.355 e. The van der Waals surface area contributed by atoms with Gasteiger partial charge >= 0.3 is 0 Å². The van der Waals surface area contributed by atoms with Crippen LogP contribution in [0.1, 0.15) is 45.4 Å². The molecule has 0 heterocycles. The normalized spacial score (nSPS) is 29.0. The van der Waals surface area contributed by atoms with Crippen LogP contribution in [0.4, 0.5) is 0 Å². The molecule has 2 rings (SSSR count). The van der Waals surface area contributed by atoms with E-state index in [1.165, 1.54) is 25.7 Å². The first-order valence-electron chi connectivity index (χ1n) is 7.24. The second kappa shape index (κ2) is 6.39. The van der Waals surface area contributed by atoms with E-state index in [1.807, 2.05) is 0 Å². The molecule has 0 aromatic rings. The highest BCUT2D eigenvalue weighted by Crippen LogP contribution is 2.28. The zero-order chi connectivity index (χ0) is 12.1. The number of nitrogens with one attached hydrogen (secondary N) is 2. The Kier molecular flexibility index (Phi) is 4.84. The fourth-order valence-electron chi connectivity index (χ4n) is 2.82. The van der Waals surface area contributed by atoms with E-state index in [-0.39, 0.29) is 5.91 Å². The van der Waals surface area contributed by atoms with Gasteiger partial charge in [-0.2, -0.15) is 0 Å². The molecule has 0 aliphatic heterocycles. The average Bonchev–Trinajstić information content (AvgIpc) is 3.12. The fraction of sp³-hybridized carbons (Fsp3) is 0.929. The van der Waals surface area contributed by atoms with E-state index in [4.69, 9.17) is 0 Å². The first-order chi connectivity index (χ1) is 8.25. The molecule has 0 aromatic heterocycles. The number of carbonyl (C=O) groups excluding carboxylic acids is 1. The third-order valence-corrected chi connectivity index (χ3v) is 4.03. The molecule has 2 saturated carbocycles. The molecule has 0 radical (unpaired) electrons. The van der Waals surface area contributed by atoms with E-state index < -0.39 is 0 Å². The SMILES string of the molecule is CC1CCCC(CNCCNC(=O)C2CC2)C1. The Labute approximate surface area is 105 Å². The van der Waals surface area contributed by atoms with Gasteiger partial charge < -0.3 is 10.6 Å². The van der Waals surface area contributed by atoms with E-state index in [9.17, 15) is 4.79 Å². The van der Waals surface area contributed by atoms with E-state index in [0.717, 1.165) is 44.3 Å². The summed E-state index contributed by atoms with van der Waals surface area (Å²) < 4.78 is 0. The number of rotatable bonds is 6. The molecule has 0 spiro atoms. The lowest BCUT2D eigenvalue weighted by Gasteiger charge is -2.26. The van der Waals surface area contributed by atoms with Crippen molar-refractivity contribution < 1.29 is 4.79 Å². The Morgan fingerprint density at radius 1 is 1.18 bits per heavy atom. The molecule has 2 fully saturated rings. The summed E-state index contributed by atoms with van der Waals surface area (Å²) in [5.41, 5.74) is 0. The Morgan fingerprint density at radius 2 is 2.00 bits per heavy atom. The molecule has 2 N–H and O–H groups in total. The summed E-state index contributed by atoms with van der Waals surface area (Å²) in [5.74, 6) is 2.37. The number of hydrogen-bond acceptors (Lipinski definition) is 2. The molecule has 2 atom stereocenters. The van der Waals surface area contributed by atoms with Crippen LogP contribution in [-0.2, 0) is 4.79 Å². The quantitative estimate of drug-likeness (QED) is 0.694. The van der Waals surface area contributed by atoms with Gasteiger partial charge in [-0.1, -0.05) is 19.8 Å². The minimum Gasteiger partial charge on any atom is -0.355 e. The van der Waals surface area contributed by atoms with Crippen LogP contribution >= 0.6 is 0 Å². The molecule has 0 bridgehead atoms. The number of carbonyl (C=O) groups is 1. The van der Waals surface area contributed by atoms with Crippen molar-refractivity contribution in [2.24, 2.45) is 17.8 Å². The van der Waals surface area contributed by atoms with Crippen LogP contribution in [0.3, 0.4) is 0 Å². The van der Waals surface area contributed by atoms with Gasteiger partial charge in [0.2, 0.25) is 5.91 Å². The Hall–Kier alpha value is -0.570. The highest BCUT2D eigenvalue weighted by atomic mass is 16.2. The Morgan fingerprint density at radius 3 is 2.71 bits per heavy atom. The highest BCUT2D eigenvalue weighted by molar-refractivity contribution is 5.80. The molecular weight excluding hydrogens is 212 g/mol. The monoisotopic (exact) mass is 238 g/mol. The number of hydrogen-bond donors (Lipinski definition) is 2. The van der Waals surface area contributed by atoms with Crippen molar-refractivity contribution in [1.29, 1.82) is 0 Å². The van der Waals surface area contributed by atoms with E-state index in [0.29, 0.717) is 5.92 Å². The van der Waals surface area contributed by atoms with Gasteiger partial charge in [0.1, 0.15) is 0 Å². The van der Waals surface area contributed by atoms with Crippen molar-refractivity contribution in [3.63, 3.8) is 0 Å². The molecule has 2 aliphatic rings. The Balaban J connectivity index is 1.46. The molecule has 3 heteroatoms. The van der Waals surface area contributed by atoms with Crippen molar-refractivity contribution in [2.75, 3.05) is 19.6 Å². The second-order valence-electron chi connectivity index (χ2n) is 5.91. The topological polar surface area (TPSA) is 41.1 Å². The standard InChI is InChI=1S/C14H26N2O/c1-11-3-2-4-12(9-11)10-15-7-8-16-14(17)13-5-6-13/h11-13,15H,2-10H2,1H3,(H,16,17). The van der Waals surface area contributed by atoms with E-state index in [1.54, 1.807) is 0 Å². The van der Waals surface area contributed by atoms with Gasteiger partial charge in [-0.15, -0.1) is 0 Å². The van der Waals surface area contributed by atoms with Gasteiger partial charge in [0, 0.05) is 19.0 Å². The van der Waals surface area contributed by atoms with Gasteiger partial charge in [-0.3, -0.25) is 4.79 Å².